The molecule has 420 valence electrons. The first-order chi connectivity index (χ1) is 40.7. The van der Waals surface area contributed by atoms with E-state index in [9.17, 15) is 14.4 Å². The molecule has 0 aliphatic heterocycles. The number of rotatable bonds is 16. The zero-order valence-electron chi connectivity index (χ0n) is 45.5. The van der Waals surface area contributed by atoms with Gasteiger partial charge >= 0.3 is 17.1 Å². The molecule has 1 saturated carbocycles. The monoisotopic (exact) mass is 1180 g/mol. The third-order valence-corrected chi connectivity index (χ3v) is 16.3. The first-order valence-electron chi connectivity index (χ1n) is 27.2. The quantitative estimate of drug-likeness (QED) is 0.0823. The van der Waals surface area contributed by atoms with E-state index in [1.54, 1.807) is 81.7 Å². The van der Waals surface area contributed by atoms with Gasteiger partial charge in [-0.15, -0.1) is 0 Å². The standard InChI is InChI=1S/C63H50Cl3N11O7/c1-32-7-5-9-40(23-32)75-54-47-29-38(66)15-20-50(47)84-57(54)60(73-63(75)80)70-51(35-11-12-35)44-17-16-42(24-33(44)2)77-53-46-28-37(65)14-19-49(46)83-56(53)59(72-62(77)79)69-39(31-81-4)25-34-8-6-10-41(26-34)76-52-45-27-36(64)13-18-48(45)82-55(52)58(71-61(76)78)67-30-43-21-22-68-74(43)3/h5-10,13-24,26-29,35,39,51H,11-12,25,30-31H2,1-4H3,(H,67,71,78)(H,69,72,79)(H,70,73,80). The third kappa shape index (κ3) is 9.40. The highest BCUT2D eigenvalue weighted by molar-refractivity contribution is 6.32. The number of aryl methyl sites for hydroxylation is 3. The molecule has 6 aromatic carbocycles. The molecule has 13 aromatic rings. The van der Waals surface area contributed by atoms with E-state index in [0.717, 1.165) is 40.8 Å². The fraction of sp³-hybridized carbons (Fsp3) is 0.190. The Morgan fingerprint density at radius 3 is 1.65 bits per heavy atom. The number of nitrogens with one attached hydrogen (secondary N) is 3. The van der Waals surface area contributed by atoms with Crippen molar-refractivity contribution in [3.05, 3.63) is 208 Å². The number of aromatic nitrogens is 8. The van der Waals surface area contributed by atoms with Crippen molar-refractivity contribution in [3.8, 4) is 17.1 Å². The van der Waals surface area contributed by atoms with E-state index in [1.165, 1.54) is 4.57 Å². The molecule has 2 unspecified atom stereocenters. The number of anilines is 3. The van der Waals surface area contributed by atoms with Crippen LogP contribution >= 0.6 is 34.8 Å². The predicted octanol–water partition coefficient (Wildman–Crippen LogP) is 13.2. The van der Waals surface area contributed by atoms with E-state index in [-0.39, 0.29) is 30.2 Å². The van der Waals surface area contributed by atoms with Crippen LogP contribution in [0.1, 0.15) is 46.8 Å². The van der Waals surface area contributed by atoms with Crippen LogP contribution in [0.25, 0.3) is 83.3 Å². The Morgan fingerprint density at radius 2 is 1.13 bits per heavy atom. The summed E-state index contributed by atoms with van der Waals surface area (Å²) >= 11 is 19.8. The highest BCUT2D eigenvalue weighted by atomic mass is 35.5. The SMILES string of the molecule is COCC(Cc1cccc(-n2c(=O)nc(NCc3ccnn3C)c3oc4ccc(Cl)cc4c32)c1)Nc1nc(=O)n(-c2ccc(C(Nc3nc(=O)n(-c4cccc(C)c4)c4c3oc3ccc(Cl)cc34)C3CC3)c(C)c2)c2c1oc1ccc(Cl)cc12. The highest BCUT2D eigenvalue weighted by Gasteiger charge is 2.35. The molecule has 0 bridgehead atoms. The zero-order valence-corrected chi connectivity index (χ0v) is 47.8. The smallest absolute Gasteiger partial charge is 0.354 e. The van der Waals surface area contributed by atoms with Crippen molar-refractivity contribution >= 4 is 118 Å². The lowest BCUT2D eigenvalue weighted by atomic mass is 9.96. The second-order valence-corrected chi connectivity index (χ2v) is 22.6. The van der Waals surface area contributed by atoms with Gasteiger partial charge in [-0.1, -0.05) is 65.1 Å². The molecule has 3 N–H and O–H groups in total. The lowest BCUT2D eigenvalue weighted by Gasteiger charge is -2.23. The number of hydrogen-bond donors (Lipinski definition) is 3. The van der Waals surface area contributed by atoms with Crippen molar-refractivity contribution in [2.45, 2.75) is 51.7 Å². The van der Waals surface area contributed by atoms with Gasteiger partial charge < -0.3 is 33.9 Å². The van der Waals surface area contributed by atoms with Crippen LogP contribution in [0, 0.1) is 19.8 Å². The maximum Gasteiger partial charge on any atom is 0.354 e. The van der Waals surface area contributed by atoms with Gasteiger partial charge in [0.2, 0.25) is 0 Å². The lowest BCUT2D eigenvalue weighted by molar-refractivity contribution is 0.185. The Kier molecular flexibility index (Phi) is 13.1. The van der Waals surface area contributed by atoms with E-state index in [1.807, 2.05) is 93.7 Å². The molecule has 2 atom stereocenters. The van der Waals surface area contributed by atoms with Crippen LogP contribution in [0.15, 0.2) is 161 Å². The molecular formula is C63H50Cl3N11O7. The van der Waals surface area contributed by atoms with Crippen molar-refractivity contribution in [2.75, 3.05) is 29.7 Å². The van der Waals surface area contributed by atoms with Gasteiger partial charge in [0.25, 0.3) is 0 Å². The summed E-state index contributed by atoms with van der Waals surface area (Å²) in [6, 6.07) is 38.1. The van der Waals surface area contributed by atoms with E-state index in [2.05, 4.69) is 36.0 Å². The second-order valence-electron chi connectivity index (χ2n) is 21.3. The molecule has 84 heavy (non-hydrogen) atoms. The van der Waals surface area contributed by atoms with Crippen molar-refractivity contribution in [1.82, 2.24) is 38.4 Å². The molecular weight excluding hydrogens is 1130 g/mol. The topological polar surface area (TPSA) is 207 Å². The molecule has 0 saturated heterocycles. The normalized spacial score (nSPS) is 13.5. The number of nitrogens with zero attached hydrogens (tertiary/aromatic N) is 8. The Hall–Kier alpha value is -9.20. The van der Waals surface area contributed by atoms with Crippen LogP contribution in [-0.2, 0) is 24.8 Å². The number of methoxy groups -OCH3 is 1. The van der Waals surface area contributed by atoms with Gasteiger partial charge in [-0.25, -0.2) is 14.4 Å². The van der Waals surface area contributed by atoms with Crippen LogP contribution in [0.2, 0.25) is 15.1 Å². The van der Waals surface area contributed by atoms with Crippen LogP contribution in [0.4, 0.5) is 17.5 Å². The summed E-state index contributed by atoms with van der Waals surface area (Å²) in [7, 11) is 3.44. The van der Waals surface area contributed by atoms with Crippen LogP contribution in [0.5, 0.6) is 0 Å². The largest absolute Gasteiger partial charge is 0.450 e. The third-order valence-electron chi connectivity index (χ3n) is 15.6. The number of furan rings is 3. The Bertz CT molecular complexity index is 5010. The Morgan fingerprint density at radius 1 is 0.607 bits per heavy atom. The molecule has 0 spiro atoms. The highest BCUT2D eigenvalue weighted by Crippen LogP contribution is 2.46. The van der Waals surface area contributed by atoms with Crippen molar-refractivity contribution in [1.29, 1.82) is 0 Å². The molecule has 7 heterocycles. The van der Waals surface area contributed by atoms with E-state index < -0.39 is 23.1 Å². The number of benzene rings is 6. The van der Waals surface area contributed by atoms with Crippen molar-refractivity contribution in [3.63, 3.8) is 0 Å². The molecule has 7 aromatic heterocycles. The minimum Gasteiger partial charge on any atom is -0.450 e. The molecule has 1 aliphatic carbocycles. The molecule has 0 radical (unpaired) electrons. The van der Waals surface area contributed by atoms with Gasteiger partial charge in [0.1, 0.15) is 33.3 Å². The maximum absolute atomic E-state index is 14.8. The minimum absolute atomic E-state index is 0.199. The van der Waals surface area contributed by atoms with Gasteiger partial charge in [0.05, 0.1) is 48.0 Å². The molecule has 21 heteroatoms. The summed E-state index contributed by atoms with van der Waals surface area (Å²) in [5.74, 6) is 1.02. The lowest BCUT2D eigenvalue weighted by Crippen LogP contribution is -2.31. The zero-order chi connectivity index (χ0) is 57.7. The fourth-order valence-corrected chi connectivity index (χ4v) is 12.1. The Balaban J connectivity index is 0.805. The number of hydrogen-bond acceptors (Lipinski definition) is 14. The number of halogens is 3. The fourth-order valence-electron chi connectivity index (χ4n) is 11.6. The van der Waals surface area contributed by atoms with Gasteiger partial charge in [-0.05, 0) is 158 Å². The summed E-state index contributed by atoms with van der Waals surface area (Å²) in [4.78, 5) is 57.1. The summed E-state index contributed by atoms with van der Waals surface area (Å²) in [6.07, 6.45) is 3.97. The molecule has 1 aliphatic rings. The van der Waals surface area contributed by atoms with Gasteiger partial charge in [-0.3, -0.25) is 18.4 Å². The first kappa shape index (κ1) is 52.8. The average Bonchev–Trinajstić information content (AvgIpc) is 3.97. The number of fused-ring (bicyclic) bond motifs is 9. The second kappa shape index (κ2) is 20.9. The minimum atomic E-state index is -0.567. The molecule has 0 amide bonds. The summed E-state index contributed by atoms with van der Waals surface area (Å²) in [5.41, 5.74) is 8.93. The van der Waals surface area contributed by atoms with Crippen LogP contribution < -0.4 is 33.0 Å². The van der Waals surface area contributed by atoms with E-state index >= 15 is 0 Å². The average molecular weight is 1180 g/mol. The Labute approximate surface area is 491 Å². The first-order valence-corrected chi connectivity index (χ1v) is 28.3. The van der Waals surface area contributed by atoms with Crippen LogP contribution in [-0.4, -0.2) is 58.2 Å². The molecule has 1 fully saturated rings. The van der Waals surface area contributed by atoms with Crippen molar-refractivity contribution in [2.24, 2.45) is 13.0 Å². The predicted molar refractivity (Wildman–Crippen MR) is 328 cm³/mol. The van der Waals surface area contributed by atoms with Gasteiger partial charge in [0, 0.05) is 51.6 Å². The van der Waals surface area contributed by atoms with E-state index in [0.29, 0.717) is 117 Å². The van der Waals surface area contributed by atoms with Crippen molar-refractivity contribution < 1.29 is 18.0 Å². The van der Waals surface area contributed by atoms with Gasteiger partial charge in [-0.2, -0.15) is 20.1 Å². The molecule has 18 nitrogen and oxygen atoms in total. The summed E-state index contributed by atoms with van der Waals surface area (Å²) < 4.78 is 31.7. The maximum atomic E-state index is 14.8. The number of ether oxygens (including phenoxy) is 1. The van der Waals surface area contributed by atoms with Crippen LogP contribution in [0.3, 0.4) is 0 Å². The van der Waals surface area contributed by atoms with E-state index in [4.69, 9.17) is 52.8 Å². The molecule has 14 rings (SSSR count). The van der Waals surface area contributed by atoms with Gasteiger partial charge in [0.15, 0.2) is 34.2 Å². The summed E-state index contributed by atoms with van der Waals surface area (Å²) in [6.45, 7) is 4.51. The summed E-state index contributed by atoms with van der Waals surface area (Å²) in [5, 5.41) is 18.1.